The molecule has 1 aromatic rings. The van der Waals surface area contributed by atoms with Crippen molar-refractivity contribution in [1.29, 1.82) is 0 Å². The molecule has 0 radical (unpaired) electrons. The Balaban J connectivity index is 1.71. The summed E-state index contributed by atoms with van der Waals surface area (Å²) in [5.74, 6) is 1.44. The molecule has 0 nitrogen and oxygen atoms in total. The Hall–Kier alpha value is -0.630. The van der Waals surface area contributed by atoms with Crippen LogP contribution in [0.5, 0.6) is 0 Å². The zero-order valence-corrected chi connectivity index (χ0v) is 11.0. The summed E-state index contributed by atoms with van der Waals surface area (Å²) < 4.78 is 26.8. The molecule has 1 aromatic carbocycles. The number of alkyl halides is 1. The normalized spacial score (nSPS) is 31.8. The van der Waals surface area contributed by atoms with Crippen molar-refractivity contribution < 1.29 is 8.78 Å². The summed E-state index contributed by atoms with van der Waals surface area (Å²) in [5, 5.41) is -0.398. The standard InChI is InChI=1S/C15H17ClF2/c16-14(13-8-12(17)3-4-15(13)18)7-11-6-9-1-2-10(11)5-9/h3-4,8-11,14H,1-2,5-7H2. The van der Waals surface area contributed by atoms with Crippen LogP contribution in [0.15, 0.2) is 18.2 Å². The Labute approximate surface area is 111 Å². The van der Waals surface area contributed by atoms with Crippen LogP contribution in [0.2, 0.25) is 0 Å². The zero-order chi connectivity index (χ0) is 12.7. The van der Waals surface area contributed by atoms with E-state index in [0.29, 0.717) is 11.5 Å². The number of halogens is 3. The quantitative estimate of drug-likeness (QED) is 0.673. The third-order valence-corrected chi connectivity index (χ3v) is 5.10. The first-order chi connectivity index (χ1) is 8.63. The van der Waals surface area contributed by atoms with E-state index < -0.39 is 11.2 Å². The van der Waals surface area contributed by atoms with Crippen molar-refractivity contribution in [2.24, 2.45) is 17.8 Å². The molecule has 2 bridgehead atoms. The molecule has 0 spiro atoms. The second-order valence-electron chi connectivity index (χ2n) is 5.80. The fourth-order valence-corrected chi connectivity index (χ4v) is 4.21. The van der Waals surface area contributed by atoms with Crippen LogP contribution < -0.4 is 0 Å². The Morgan fingerprint density at radius 1 is 1.22 bits per heavy atom. The fraction of sp³-hybridized carbons (Fsp3) is 0.600. The molecule has 3 heteroatoms. The third-order valence-electron chi connectivity index (χ3n) is 4.69. The van der Waals surface area contributed by atoms with E-state index in [1.54, 1.807) is 0 Å². The molecule has 18 heavy (non-hydrogen) atoms. The molecule has 2 aliphatic rings. The van der Waals surface area contributed by atoms with Gasteiger partial charge in [0.1, 0.15) is 11.6 Å². The second kappa shape index (κ2) is 4.80. The van der Waals surface area contributed by atoms with E-state index in [2.05, 4.69) is 0 Å². The SMILES string of the molecule is Fc1ccc(F)c(C(Cl)CC2CC3CCC2C3)c1. The third kappa shape index (κ3) is 2.27. The molecular weight excluding hydrogens is 254 g/mol. The average Bonchev–Trinajstić information content (AvgIpc) is 2.94. The minimum Gasteiger partial charge on any atom is -0.207 e. The van der Waals surface area contributed by atoms with Gasteiger partial charge in [0.25, 0.3) is 0 Å². The van der Waals surface area contributed by atoms with Gasteiger partial charge in [-0.05, 0) is 61.6 Å². The first kappa shape index (κ1) is 12.4. The highest BCUT2D eigenvalue weighted by Crippen LogP contribution is 2.51. The molecule has 3 rings (SSSR count). The predicted octanol–water partition coefficient (Wildman–Crippen LogP) is 5.07. The lowest BCUT2D eigenvalue weighted by molar-refractivity contribution is 0.310. The Bertz CT molecular complexity index is 446. The van der Waals surface area contributed by atoms with Crippen molar-refractivity contribution in [3.8, 4) is 0 Å². The van der Waals surface area contributed by atoms with Gasteiger partial charge in [-0.15, -0.1) is 11.6 Å². The van der Waals surface area contributed by atoms with Gasteiger partial charge in [-0.25, -0.2) is 8.78 Å². The van der Waals surface area contributed by atoms with Crippen molar-refractivity contribution in [1.82, 2.24) is 0 Å². The van der Waals surface area contributed by atoms with Gasteiger partial charge in [0.2, 0.25) is 0 Å². The smallest absolute Gasteiger partial charge is 0.128 e. The van der Waals surface area contributed by atoms with Gasteiger partial charge >= 0.3 is 0 Å². The molecule has 2 saturated carbocycles. The molecule has 98 valence electrons. The van der Waals surface area contributed by atoms with Crippen LogP contribution in [0.1, 0.15) is 43.0 Å². The maximum absolute atomic E-state index is 13.6. The minimum atomic E-state index is -0.412. The molecule has 0 saturated heterocycles. The summed E-state index contributed by atoms with van der Waals surface area (Å²) in [7, 11) is 0. The van der Waals surface area contributed by atoms with Gasteiger partial charge < -0.3 is 0 Å². The number of rotatable bonds is 3. The van der Waals surface area contributed by atoms with E-state index in [1.165, 1.54) is 37.8 Å². The molecule has 0 aromatic heterocycles. The molecule has 0 heterocycles. The van der Waals surface area contributed by atoms with Crippen molar-refractivity contribution in [2.75, 3.05) is 0 Å². The lowest BCUT2D eigenvalue weighted by Crippen LogP contribution is -2.13. The maximum atomic E-state index is 13.6. The van der Waals surface area contributed by atoms with E-state index in [4.69, 9.17) is 11.6 Å². The number of benzene rings is 1. The van der Waals surface area contributed by atoms with Crippen LogP contribution in [0.4, 0.5) is 8.78 Å². The summed E-state index contributed by atoms with van der Waals surface area (Å²) in [6.07, 6.45) is 5.97. The van der Waals surface area contributed by atoms with Crippen LogP contribution in [0.3, 0.4) is 0 Å². The molecule has 0 N–H and O–H groups in total. The van der Waals surface area contributed by atoms with Crippen LogP contribution in [-0.2, 0) is 0 Å². The van der Waals surface area contributed by atoms with Crippen molar-refractivity contribution >= 4 is 11.6 Å². The summed E-state index contributed by atoms with van der Waals surface area (Å²) in [6, 6.07) is 3.54. The molecule has 4 atom stereocenters. The van der Waals surface area contributed by atoms with Crippen molar-refractivity contribution in [2.45, 2.75) is 37.5 Å². The van der Waals surface area contributed by atoms with Gasteiger partial charge in [0, 0.05) is 5.56 Å². The van der Waals surface area contributed by atoms with Crippen LogP contribution >= 0.6 is 11.6 Å². The zero-order valence-electron chi connectivity index (χ0n) is 10.2. The predicted molar refractivity (Wildman–Crippen MR) is 68.5 cm³/mol. The molecule has 0 aliphatic heterocycles. The monoisotopic (exact) mass is 270 g/mol. The fourth-order valence-electron chi connectivity index (χ4n) is 3.81. The lowest BCUT2D eigenvalue weighted by atomic mass is 9.84. The van der Waals surface area contributed by atoms with Gasteiger partial charge in [0.05, 0.1) is 5.38 Å². The number of hydrogen-bond donors (Lipinski definition) is 0. The minimum absolute atomic E-state index is 0.319. The van der Waals surface area contributed by atoms with E-state index in [9.17, 15) is 8.78 Å². The number of hydrogen-bond acceptors (Lipinski definition) is 0. The van der Waals surface area contributed by atoms with Gasteiger partial charge in [0.15, 0.2) is 0 Å². The van der Waals surface area contributed by atoms with Gasteiger partial charge in [-0.1, -0.05) is 6.42 Å². The van der Waals surface area contributed by atoms with Crippen LogP contribution in [0.25, 0.3) is 0 Å². The highest BCUT2D eigenvalue weighted by atomic mass is 35.5. The molecule has 2 fully saturated rings. The van der Waals surface area contributed by atoms with E-state index in [1.807, 2.05) is 0 Å². The summed E-state index contributed by atoms with van der Waals surface area (Å²) in [5.41, 5.74) is 0.319. The number of fused-ring (bicyclic) bond motifs is 2. The molecule has 0 amide bonds. The Kier molecular flexibility index (Phi) is 3.31. The molecule has 2 aliphatic carbocycles. The summed E-state index contributed by atoms with van der Waals surface area (Å²) in [4.78, 5) is 0. The maximum Gasteiger partial charge on any atom is 0.128 e. The first-order valence-corrected chi connectivity index (χ1v) is 7.16. The largest absolute Gasteiger partial charge is 0.207 e. The van der Waals surface area contributed by atoms with Gasteiger partial charge in [-0.3, -0.25) is 0 Å². The highest BCUT2D eigenvalue weighted by Gasteiger charge is 2.40. The highest BCUT2D eigenvalue weighted by molar-refractivity contribution is 6.20. The van der Waals surface area contributed by atoms with Crippen LogP contribution in [-0.4, -0.2) is 0 Å². The first-order valence-electron chi connectivity index (χ1n) is 6.72. The summed E-state index contributed by atoms with van der Waals surface area (Å²) >= 11 is 6.29. The molecule has 4 unspecified atom stereocenters. The second-order valence-corrected chi connectivity index (χ2v) is 6.33. The topological polar surface area (TPSA) is 0 Å². The average molecular weight is 271 g/mol. The van der Waals surface area contributed by atoms with E-state index in [0.717, 1.165) is 24.3 Å². The Morgan fingerprint density at radius 2 is 2.06 bits per heavy atom. The van der Waals surface area contributed by atoms with Gasteiger partial charge in [-0.2, -0.15) is 0 Å². The van der Waals surface area contributed by atoms with Crippen molar-refractivity contribution in [3.05, 3.63) is 35.4 Å². The summed E-state index contributed by atoms with van der Waals surface area (Å²) in [6.45, 7) is 0. The van der Waals surface area contributed by atoms with E-state index >= 15 is 0 Å². The van der Waals surface area contributed by atoms with E-state index in [-0.39, 0.29) is 5.82 Å². The lowest BCUT2D eigenvalue weighted by Gasteiger charge is -2.24. The van der Waals surface area contributed by atoms with Crippen molar-refractivity contribution in [3.63, 3.8) is 0 Å². The molecular formula is C15H17ClF2. The Morgan fingerprint density at radius 3 is 2.72 bits per heavy atom. The van der Waals surface area contributed by atoms with Crippen LogP contribution in [0, 0.1) is 29.4 Å².